The molecule has 2 N–H and O–H groups in total. The van der Waals surface area contributed by atoms with Gasteiger partial charge in [0.05, 0.1) is 9.91 Å². The van der Waals surface area contributed by atoms with Crippen molar-refractivity contribution in [1.29, 1.82) is 0 Å². The number of nitro groups is 1. The van der Waals surface area contributed by atoms with Gasteiger partial charge in [-0.1, -0.05) is 29.9 Å². The van der Waals surface area contributed by atoms with Crippen molar-refractivity contribution >= 4 is 40.6 Å². The Morgan fingerprint density at radius 3 is 2.80 bits per heavy atom. The second-order valence-corrected chi connectivity index (χ2v) is 3.58. The van der Waals surface area contributed by atoms with Crippen molar-refractivity contribution in [2.75, 3.05) is 0 Å². The van der Waals surface area contributed by atoms with Crippen LogP contribution in [0.5, 0.6) is 0 Å². The van der Waals surface area contributed by atoms with E-state index in [2.05, 4.69) is 12.2 Å². The SMILES string of the molecule is NC(=S)/C=C/c1cc([N+](=O)[O-])ccc1Cl. The number of thiocarbonyl (C=S) groups is 1. The Morgan fingerprint density at radius 1 is 1.60 bits per heavy atom. The van der Waals surface area contributed by atoms with E-state index in [1.807, 2.05) is 0 Å². The van der Waals surface area contributed by atoms with Gasteiger partial charge in [-0.25, -0.2) is 0 Å². The first-order valence-corrected chi connectivity index (χ1v) is 4.71. The second-order valence-electron chi connectivity index (χ2n) is 2.70. The zero-order chi connectivity index (χ0) is 11.4. The molecular weight excluding hydrogens is 236 g/mol. The van der Waals surface area contributed by atoms with E-state index < -0.39 is 4.92 Å². The molecule has 0 heterocycles. The Balaban J connectivity index is 3.11. The third-order valence-corrected chi connectivity index (χ3v) is 2.10. The van der Waals surface area contributed by atoms with E-state index in [-0.39, 0.29) is 10.7 Å². The van der Waals surface area contributed by atoms with Gasteiger partial charge in [0, 0.05) is 17.2 Å². The Hall–Kier alpha value is -1.46. The molecule has 0 amide bonds. The smallest absolute Gasteiger partial charge is 0.270 e. The molecule has 0 aliphatic heterocycles. The van der Waals surface area contributed by atoms with Gasteiger partial charge in [-0.2, -0.15) is 0 Å². The molecule has 78 valence electrons. The van der Waals surface area contributed by atoms with Crippen LogP contribution >= 0.6 is 23.8 Å². The van der Waals surface area contributed by atoms with Crippen LogP contribution in [0.25, 0.3) is 6.08 Å². The number of halogens is 1. The lowest BCUT2D eigenvalue weighted by Gasteiger charge is -1.97. The summed E-state index contributed by atoms with van der Waals surface area (Å²) in [5.74, 6) is 0. The molecule has 6 heteroatoms. The molecule has 0 saturated heterocycles. The summed E-state index contributed by atoms with van der Waals surface area (Å²) in [6, 6.07) is 4.15. The predicted molar refractivity (Wildman–Crippen MR) is 63.9 cm³/mol. The topological polar surface area (TPSA) is 69.2 Å². The van der Waals surface area contributed by atoms with Crippen LogP contribution in [-0.4, -0.2) is 9.91 Å². The molecule has 0 atom stereocenters. The fourth-order valence-electron chi connectivity index (χ4n) is 0.944. The molecule has 0 aliphatic carbocycles. The van der Waals surface area contributed by atoms with Gasteiger partial charge in [0.2, 0.25) is 0 Å². The minimum atomic E-state index is -0.492. The van der Waals surface area contributed by atoms with Gasteiger partial charge >= 0.3 is 0 Å². The average molecular weight is 243 g/mol. The Labute approximate surface area is 96.5 Å². The van der Waals surface area contributed by atoms with E-state index in [4.69, 9.17) is 17.3 Å². The van der Waals surface area contributed by atoms with Gasteiger partial charge in [0.1, 0.15) is 0 Å². The van der Waals surface area contributed by atoms with E-state index in [1.54, 1.807) is 0 Å². The van der Waals surface area contributed by atoms with Crippen LogP contribution in [0.2, 0.25) is 5.02 Å². The number of hydrogen-bond donors (Lipinski definition) is 1. The monoisotopic (exact) mass is 242 g/mol. The summed E-state index contributed by atoms with van der Waals surface area (Å²) in [7, 11) is 0. The van der Waals surface area contributed by atoms with Crippen LogP contribution < -0.4 is 5.73 Å². The molecular formula is C9H7ClN2O2S. The molecule has 0 bridgehead atoms. The molecule has 0 unspecified atom stereocenters. The maximum absolute atomic E-state index is 10.5. The van der Waals surface area contributed by atoms with Crippen molar-refractivity contribution < 1.29 is 4.92 Å². The minimum absolute atomic E-state index is 0.0259. The largest absolute Gasteiger partial charge is 0.390 e. The number of hydrogen-bond acceptors (Lipinski definition) is 3. The van der Waals surface area contributed by atoms with Gasteiger partial charge in [-0.15, -0.1) is 0 Å². The maximum atomic E-state index is 10.5. The number of nitrogens with zero attached hydrogens (tertiary/aromatic N) is 1. The van der Waals surface area contributed by atoms with Crippen molar-refractivity contribution in [3.05, 3.63) is 45.0 Å². The summed E-state index contributed by atoms with van der Waals surface area (Å²) in [6.07, 6.45) is 3.00. The summed E-state index contributed by atoms with van der Waals surface area (Å²) >= 11 is 10.5. The lowest BCUT2D eigenvalue weighted by atomic mass is 10.2. The summed E-state index contributed by atoms with van der Waals surface area (Å²) in [4.78, 5) is 10.2. The molecule has 0 spiro atoms. The summed E-state index contributed by atoms with van der Waals surface area (Å²) < 4.78 is 0. The zero-order valence-corrected chi connectivity index (χ0v) is 9.09. The number of nitrogens with two attached hydrogens (primary N) is 1. The molecule has 15 heavy (non-hydrogen) atoms. The molecule has 1 aromatic carbocycles. The lowest BCUT2D eigenvalue weighted by molar-refractivity contribution is -0.384. The number of non-ortho nitro benzene ring substituents is 1. The summed E-state index contributed by atoms with van der Waals surface area (Å²) in [5.41, 5.74) is 5.74. The Kier molecular flexibility index (Phi) is 3.76. The summed E-state index contributed by atoms with van der Waals surface area (Å²) in [6.45, 7) is 0. The fourth-order valence-corrected chi connectivity index (χ4v) is 1.19. The van der Waals surface area contributed by atoms with Crippen LogP contribution in [0.4, 0.5) is 5.69 Å². The predicted octanol–water partition coefficient (Wildman–Crippen LogP) is 2.55. The van der Waals surface area contributed by atoms with Crippen molar-refractivity contribution in [3.63, 3.8) is 0 Å². The van der Waals surface area contributed by atoms with Crippen molar-refractivity contribution in [1.82, 2.24) is 0 Å². The second kappa shape index (κ2) is 4.86. The van der Waals surface area contributed by atoms with Crippen LogP contribution in [-0.2, 0) is 0 Å². The van der Waals surface area contributed by atoms with Gasteiger partial charge < -0.3 is 5.73 Å². The maximum Gasteiger partial charge on any atom is 0.270 e. The van der Waals surface area contributed by atoms with Crippen LogP contribution in [0.15, 0.2) is 24.3 Å². The highest BCUT2D eigenvalue weighted by Crippen LogP contribution is 2.22. The average Bonchev–Trinajstić information content (AvgIpc) is 2.16. The Bertz CT molecular complexity index is 446. The molecule has 0 aromatic heterocycles. The van der Waals surface area contributed by atoms with E-state index in [0.29, 0.717) is 10.6 Å². The summed E-state index contributed by atoms with van der Waals surface area (Å²) in [5, 5.41) is 10.9. The first-order valence-electron chi connectivity index (χ1n) is 3.92. The Morgan fingerprint density at radius 2 is 2.27 bits per heavy atom. The van der Waals surface area contributed by atoms with E-state index >= 15 is 0 Å². The number of nitro benzene ring substituents is 1. The quantitative estimate of drug-likeness (QED) is 0.383. The van der Waals surface area contributed by atoms with E-state index in [1.165, 1.54) is 30.4 Å². The van der Waals surface area contributed by atoms with Crippen molar-refractivity contribution in [2.45, 2.75) is 0 Å². The minimum Gasteiger partial charge on any atom is -0.390 e. The highest BCUT2D eigenvalue weighted by Gasteiger charge is 2.07. The molecule has 4 nitrogen and oxygen atoms in total. The van der Waals surface area contributed by atoms with Crippen molar-refractivity contribution in [2.24, 2.45) is 5.73 Å². The third-order valence-electron chi connectivity index (χ3n) is 1.62. The number of rotatable bonds is 3. The molecule has 0 saturated carbocycles. The molecule has 1 rings (SSSR count). The highest BCUT2D eigenvalue weighted by atomic mass is 35.5. The molecule has 1 aromatic rings. The van der Waals surface area contributed by atoms with Crippen molar-refractivity contribution in [3.8, 4) is 0 Å². The lowest BCUT2D eigenvalue weighted by Crippen LogP contribution is -2.02. The molecule has 0 aliphatic rings. The van der Waals surface area contributed by atoms with Gasteiger partial charge in [-0.3, -0.25) is 10.1 Å². The first kappa shape index (κ1) is 11.6. The van der Waals surface area contributed by atoms with E-state index in [9.17, 15) is 10.1 Å². The molecule has 0 radical (unpaired) electrons. The van der Waals surface area contributed by atoms with Crippen LogP contribution in [0.3, 0.4) is 0 Å². The van der Waals surface area contributed by atoms with Crippen LogP contribution in [0, 0.1) is 10.1 Å². The van der Waals surface area contributed by atoms with E-state index in [0.717, 1.165) is 0 Å². The first-order chi connectivity index (χ1) is 7.00. The zero-order valence-electron chi connectivity index (χ0n) is 7.51. The molecule has 0 fully saturated rings. The standard InChI is InChI=1S/C9H7ClN2O2S/c10-8-3-2-7(12(13)14)5-6(8)1-4-9(11)15/h1-5H,(H2,11,15)/b4-1+. The normalized spacial score (nSPS) is 10.5. The van der Waals surface area contributed by atoms with Gasteiger partial charge in [-0.05, 0) is 17.7 Å². The van der Waals surface area contributed by atoms with Gasteiger partial charge in [0.15, 0.2) is 0 Å². The third kappa shape index (κ3) is 3.30. The fraction of sp³-hybridized carbons (Fsp3) is 0. The number of benzene rings is 1. The van der Waals surface area contributed by atoms with Crippen LogP contribution in [0.1, 0.15) is 5.56 Å². The van der Waals surface area contributed by atoms with Gasteiger partial charge in [0.25, 0.3) is 5.69 Å². The highest BCUT2D eigenvalue weighted by molar-refractivity contribution is 7.80.